The van der Waals surface area contributed by atoms with Gasteiger partial charge in [-0.15, -0.1) is 0 Å². The van der Waals surface area contributed by atoms with Gasteiger partial charge in [0.1, 0.15) is 11.8 Å². The van der Waals surface area contributed by atoms with Gasteiger partial charge in [0.05, 0.1) is 24.8 Å². The minimum atomic E-state index is -0.741. The van der Waals surface area contributed by atoms with Crippen molar-refractivity contribution in [3.05, 3.63) is 95.1 Å². The smallest absolute Gasteiger partial charge is 0.338 e. The van der Waals surface area contributed by atoms with Gasteiger partial charge in [0.15, 0.2) is 0 Å². The topological polar surface area (TPSA) is 82.1 Å². The Morgan fingerprint density at radius 1 is 0.882 bits per heavy atom. The monoisotopic (exact) mass is 459 g/mol. The molecule has 2 unspecified atom stereocenters. The number of carbonyl (C=O) groups excluding carboxylic acids is 3. The standard InChI is InChI=1S/C27H25NO6/c1-4-33-27(31)20-13-15-21(16-14-20)28-23(18-9-11-19(12-10-18)26(30)32-3)24(25(28)29)34-22-8-6-5-7-17(22)2/h5-16,23-24H,4H2,1-3H3. The van der Waals surface area contributed by atoms with Crippen molar-refractivity contribution >= 4 is 23.5 Å². The van der Waals surface area contributed by atoms with Crippen LogP contribution in [0.4, 0.5) is 5.69 Å². The third-order valence-electron chi connectivity index (χ3n) is 5.72. The lowest BCUT2D eigenvalue weighted by Gasteiger charge is -2.46. The molecule has 1 saturated heterocycles. The second-order valence-corrected chi connectivity index (χ2v) is 7.84. The molecule has 1 fully saturated rings. The molecule has 0 spiro atoms. The van der Waals surface area contributed by atoms with Gasteiger partial charge in [-0.25, -0.2) is 9.59 Å². The Bertz CT molecular complexity index is 1200. The number of para-hydroxylation sites is 1. The number of aryl methyl sites for hydroxylation is 1. The molecular formula is C27H25NO6. The van der Waals surface area contributed by atoms with Gasteiger partial charge in [-0.05, 0) is 67.4 Å². The number of carbonyl (C=O) groups is 3. The van der Waals surface area contributed by atoms with Crippen molar-refractivity contribution in [1.82, 2.24) is 0 Å². The van der Waals surface area contributed by atoms with Crippen molar-refractivity contribution in [2.24, 2.45) is 0 Å². The van der Waals surface area contributed by atoms with Gasteiger partial charge in [0.25, 0.3) is 5.91 Å². The fraction of sp³-hybridized carbons (Fsp3) is 0.222. The minimum Gasteiger partial charge on any atom is -0.478 e. The quantitative estimate of drug-likeness (QED) is 0.382. The third-order valence-corrected chi connectivity index (χ3v) is 5.72. The first-order valence-corrected chi connectivity index (χ1v) is 11.0. The third kappa shape index (κ3) is 4.37. The van der Waals surface area contributed by atoms with Crippen LogP contribution in [0.3, 0.4) is 0 Å². The lowest BCUT2D eigenvalue weighted by molar-refractivity contribution is -0.135. The van der Waals surface area contributed by atoms with Crippen LogP contribution in [0.5, 0.6) is 5.75 Å². The summed E-state index contributed by atoms with van der Waals surface area (Å²) in [7, 11) is 1.33. The molecule has 1 amide bonds. The summed E-state index contributed by atoms with van der Waals surface area (Å²) in [5, 5.41) is 0. The first-order chi connectivity index (χ1) is 16.4. The van der Waals surface area contributed by atoms with E-state index in [1.54, 1.807) is 60.4 Å². The average Bonchev–Trinajstić information content (AvgIpc) is 2.86. The van der Waals surface area contributed by atoms with Crippen LogP contribution in [0.25, 0.3) is 0 Å². The predicted octanol–water partition coefficient (Wildman–Crippen LogP) is 4.49. The van der Waals surface area contributed by atoms with Crippen LogP contribution in [0, 0.1) is 6.92 Å². The molecule has 0 aliphatic carbocycles. The SMILES string of the molecule is CCOC(=O)c1ccc(N2C(=O)C(Oc3ccccc3C)C2c2ccc(C(=O)OC)cc2)cc1. The highest BCUT2D eigenvalue weighted by molar-refractivity contribution is 6.05. The summed E-state index contributed by atoms with van der Waals surface area (Å²) in [6, 6.07) is 20.7. The number of rotatable bonds is 7. The highest BCUT2D eigenvalue weighted by atomic mass is 16.5. The van der Waals surface area contributed by atoms with E-state index in [1.807, 2.05) is 31.2 Å². The molecule has 4 rings (SSSR count). The number of hydrogen-bond acceptors (Lipinski definition) is 6. The van der Waals surface area contributed by atoms with Crippen molar-refractivity contribution in [2.75, 3.05) is 18.6 Å². The zero-order valence-corrected chi connectivity index (χ0v) is 19.2. The number of β-lactam (4-membered cyclic amide) rings is 1. The van der Waals surface area contributed by atoms with Crippen molar-refractivity contribution in [1.29, 1.82) is 0 Å². The molecule has 7 nitrogen and oxygen atoms in total. The molecule has 1 aliphatic rings. The molecule has 0 saturated carbocycles. The summed E-state index contributed by atoms with van der Waals surface area (Å²) >= 11 is 0. The maximum Gasteiger partial charge on any atom is 0.338 e. The second-order valence-electron chi connectivity index (χ2n) is 7.84. The van der Waals surface area contributed by atoms with E-state index in [9.17, 15) is 14.4 Å². The van der Waals surface area contributed by atoms with E-state index >= 15 is 0 Å². The highest BCUT2D eigenvalue weighted by Gasteiger charge is 2.51. The second kappa shape index (κ2) is 9.79. The molecule has 34 heavy (non-hydrogen) atoms. The Hall–Kier alpha value is -4.13. The first kappa shape index (κ1) is 23.0. The maximum atomic E-state index is 13.2. The van der Waals surface area contributed by atoms with Gasteiger partial charge in [0.2, 0.25) is 6.10 Å². The lowest BCUT2D eigenvalue weighted by Crippen LogP contribution is -2.61. The number of anilines is 1. The molecule has 174 valence electrons. The van der Waals surface area contributed by atoms with Crippen molar-refractivity contribution in [2.45, 2.75) is 26.0 Å². The van der Waals surface area contributed by atoms with Crippen molar-refractivity contribution in [3.8, 4) is 5.75 Å². The maximum absolute atomic E-state index is 13.2. The number of esters is 2. The first-order valence-electron chi connectivity index (χ1n) is 11.0. The minimum absolute atomic E-state index is 0.200. The molecule has 0 N–H and O–H groups in total. The molecule has 0 aromatic heterocycles. The number of ether oxygens (including phenoxy) is 3. The fourth-order valence-corrected chi connectivity index (χ4v) is 3.92. The van der Waals surface area contributed by atoms with E-state index in [0.29, 0.717) is 22.6 Å². The van der Waals surface area contributed by atoms with E-state index in [0.717, 1.165) is 11.1 Å². The van der Waals surface area contributed by atoms with E-state index < -0.39 is 24.1 Å². The summed E-state index contributed by atoms with van der Waals surface area (Å²) in [6.07, 6.45) is -0.741. The van der Waals surface area contributed by atoms with Crippen LogP contribution in [-0.2, 0) is 14.3 Å². The molecule has 2 atom stereocenters. The highest BCUT2D eigenvalue weighted by Crippen LogP contribution is 2.41. The van der Waals surface area contributed by atoms with Crippen molar-refractivity contribution in [3.63, 3.8) is 0 Å². The summed E-state index contributed by atoms with van der Waals surface area (Å²) in [5.41, 5.74) is 3.18. The van der Waals surface area contributed by atoms with Crippen LogP contribution in [0.15, 0.2) is 72.8 Å². The van der Waals surface area contributed by atoms with Crippen LogP contribution < -0.4 is 9.64 Å². The molecule has 1 aliphatic heterocycles. The number of hydrogen-bond donors (Lipinski definition) is 0. The molecule has 1 heterocycles. The zero-order chi connectivity index (χ0) is 24.2. The molecule has 0 bridgehead atoms. The van der Waals surface area contributed by atoms with Gasteiger partial charge in [-0.2, -0.15) is 0 Å². The van der Waals surface area contributed by atoms with Gasteiger partial charge in [-0.1, -0.05) is 30.3 Å². The summed E-state index contributed by atoms with van der Waals surface area (Å²) in [5.74, 6) is -0.418. The molecule has 7 heteroatoms. The van der Waals surface area contributed by atoms with Gasteiger partial charge in [-0.3, -0.25) is 9.69 Å². The van der Waals surface area contributed by atoms with E-state index in [1.165, 1.54) is 7.11 Å². The molecule has 0 radical (unpaired) electrons. The molecular weight excluding hydrogens is 434 g/mol. The Balaban J connectivity index is 1.66. The zero-order valence-electron chi connectivity index (χ0n) is 19.2. The van der Waals surface area contributed by atoms with Crippen LogP contribution in [-0.4, -0.2) is 37.7 Å². The Labute approximate surface area is 197 Å². The van der Waals surface area contributed by atoms with E-state index in [2.05, 4.69) is 0 Å². The fourth-order valence-electron chi connectivity index (χ4n) is 3.92. The van der Waals surface area contributed by atoms with Crippen LogP contribution >= 0.6 is 0 Å². The number of amides is 1. The van der Waals surface area contributed by atoms with Gasteiger partial charge >= 0.3 is 11.9 Å². The van der Waals surface area contributed by atoms with E-state index in [4.69, 9.17) is 14.2 Å². The Kier molecular flexibility index (Phi) is 6.63. The normalized spacial score (nSPS) is 17.0. The van der Waals surface area contributed by atoms with E-state index in [-0.39, 0.29) is 12.5 Å². The Morgan fingerprint density at radius 2 is 1.50 bits per heavy atom. The predicted molar refractivity (Wildman–Crippen MR) is 126 cm³/mol. The Morgan fingerprint density at radius 3 is 2.12 bits per heavy atom. The van der Waals surface area contributed by atoms with Crippen LogP contribution in [0.1, 0.15) is 44.8 Å². The average molecular weight is 459 g/mol. The number of benzene rings is 3. The number of nitrogens with zero attached hydrogens (tertiary/aromatic N) is 1. The lowest BCUT2D eigenvalue weighted by atomic mass is 9.89. The summed E-state index contributed by atoms with van der Waals surface area (Å²) < 4.78 is 16.0. The largest absolute Gasteiger partial charge is 0.478 e. The van der Waals surface area contributed by atoms with Crippen molar-refractivity contribution < 1.29 is 28.6 Å². The molecule has 3 aromatic rings. The van der Waals surface area contributed by atoms with Gasteiger partial charge < -0.3 is 14.2 Å². The van der Waals surface area contributed by atoms with Gasteiger partial charge in [0, 0.05) is 5.69 Å². The van der Waals surface area contributed by atoms with Crippen LogP contribution in [0.2, 0.25) is 0 Å². The summed E-state index contributed by atoms with van der Waals surface area (Å²) in [4.78, 5) is 38.7. The summed E-state index contributed by atoms with van der Waals surface area (Å²) in [6.45, 7) is 3.95. The number of methoxy groups -OCH3 is 1. The molecule has 3 aromatic carbocycles.